The molecule has 1 unspecified atom stereocenters. The molecule has 0 saturated carbocycles. The summed E-state index contributed by atoms with van der Waals surface area (Å²) < 4.78 is 31.4. The van der Waals surface area contributed by atoms with Gasteiger partial charge in [0.05, 0.1) is 12.5 Å². The van der Waals surface area contributed by atoms with E-state index in [2.05, 4.69) is 10.1 Å². The van der Waals surface area contributed by atoms with Crippen molar-refractivity contribution in [2.75, 3.05) is 13.1 Å². The van der Waals surface area contributed by atoms with Crippen LogP contribution in [0, 0.1) is 0 Å². The van der Waals surface area contributed by atoms with Crippen LogP contribution >= 0.6 is 11.3 Å². The van der Waals surface area contributed by atoms with Gasteiger partial charge in [-0.25, -0.2) is 13.4 Å². The van der Waals surface area contributed by atoms with Gasteiger partial charge in [0.2, 0.25) is 0 Å². The van der Waals surface area contributed by atoms with Crippen LogP contribution in [0.2, 0.25) is 0 Å². The lowest BCUT2D eigenvalue weighted by Gasteiger charge is -2.15. The Kier molecular flexibility index (Phi) is 3.78. The number of sulfonamides is 1. The highest BCUT2D eigenvalue weighted by molar-refractivity contribution is 7.91. The zero-order valence-electron chi connectivity index (χ0n) is 13.1. The molecule has 0 aromatic carbocycles. The predicted octanol–water partition coefficient (Wildman–Crippen LogP) is 1.98. The zero-order chi connectivity index (χ0) is 16.7. The van der Waals surface area contributed by atoms with E-state index in [-0.39, 0.29) is 6.04 Å². The first-order chi connectivity index (χ1) is 11.5. The second-order valence-electron chi connectivity index (χ2n) is 5.84. The lowest BCUT2D eigenvalue weighted by atomic mass is 10.3. The maximum Gasteiger partial charge on any atom is 0.252 e. The monoisotopic (exact) mass is 363 g/mol. The summed E-state index contributed by atoms with van der Waals surface area (Å²) in [6, 6.07) is 3.69. The van der Waals surface area contributed by atoms with Crippen molar-refractivity contribution in [1.29, 1.82) is 0 Å². The van der Waals surface area contributed by atoms with E-state index in [1.807, 2.05) is 30.1 Å². The predicted molar refractivity (Wildman–Crippen MR) is 91.2 cm³/mol. The molecule has 126 valence electrons. The first-order valence-corrected chi connectivity index (χ1v) is 9.86. The summed E-state index contributed by atoms with van der Waals surface area (Å²) in [6.45, 7) is 1.02. The number of thiophene rings is 1. The Balaban J connectivity index is 1.56. The molecule has 7 nitrogen and oxygen atoms in total. The fraction of sp³-hybridized carbons (Fsp3) is 0.333. The molecule has 9 heteroatoms. The molecule has 0 bridgehead atoms. The van der Waals surface area contributed by atoms with Crippen LogP contribution < -0.4 is 0 Å². The minimum absolute atomic E-state index is 0.153. The molecule has 1 aliphatic heterocycles. The van der Waals surface area contributed by atoms with Gasteiger partial charge < -0.3 is 4.57 Å². The molecule has 1 aliphatic rings. The largest absolute Gasteiger partial charge is 0.333 e. The van der Waals surface area contributed by atoms with E-state index in [4.69, 9.17) is 0 Å². The van der Waals surface area contributed by atoms with Crippen LogP contribution in [0.5, 0.6) is 0 Å². The number of imidazole rings is 1. The van der Waals surface area contributed by atoms with Crippen molar-refractivity contribution in [3.05, 3.63) is 43.2 Å². The molecule has 4 rings (SSSR count). The van der Waals surface area contributed by atoms with E-state index in [0.29, 0.717) is 17.3 Å². The molecule has 0 amide bonds. The van der Waals surface area contributed by atoms with Crippen LogP contribution in [0.25, 0.3) is 10.4 Å². The molecule has 0 spiro atoms. The average molecular weight is 363 g/mol. The van der Waals surface area contributed by atoms with Gasteiger partial charge in [-0.05, 0) is 18.6 Å². The molecule has 0 aliphatic carbocycles. The van der Waals surface area contributed by atoms with E-state index >= 15 is 0 Å². The van der Waals surface area contributed by atoms with Gasteiger partial charge in [0.15, 0.2) is 0 Å². The molecule has 3 aromatic rings. The smallest absolute Gasteiger partial charge is 0.252 e. The Hall–Kier alpha value is -1.97. The van der Waals surface area contributed by atoms with Crippen LogP contribution in [-0.4, -0.2) is 45.1 Å². The van der Waals surface area contributed by atoms with Crippen LogP contribution in [-0.2, 0) is 17.1 Å². The minimum Gasteiger partial charge on any atom is -0.333 e. The summed E-state index contributed by atoms with van der Waals surface area (Å²) >= 11 is 1.29. The summed E-state index contributed by atoms with van der Waals surface area (Å²) in [5, 5.41) is 4.14. The Bertz CT molecular complexity index is 942. The highest BCUT2D eigenvalue weighted by Crippen LogP contribution is 2.34. The maximum absolute atomic E-state index is 12.9. The summed E-state index contributed by atoms with van der Waals surface area (Å²) in [4.78, 5) is 4.95. The first kappa shape index (κ1) is 15.6. The van der Waals surface area contributed by atoms with Crippen molar-refractivity contribution in [3.63, 3.8) is 0 Å². The van der Waals surface area contributed by atoms with Gasteiger partial charge in [0.1, 0.15) is 4.21 Å². The SMILES string of the molecule is Cn1cc(-c2ccc(S(=O)(=O)N3CCC(n4ccnc4)C3)s2)cn1. The van der Waals surface area contributed by atoms with Crippen molar-refractivity contribution in [2.24, 2.45) is 7.05 Å². The fourth-order valence-corrected chi connectivity index (χ4v) is 5.87. The highest BCUT2D eigenvalue weighted by atomic mass is 32.2. The van der Waals surface area contributed by atoms with Crippen molar-refractivity contribution in [1.82, 2.24) is 23.6 Å². The molecule has 0 radical (unpaired) electrons. The quantitative estimate of drug-likeness (QED) is 0.710. The molecule has 1 fully saturated rings. The van der Waals surface area contributed by atoms with Crippen molar-refractivity contribution in [2.45, 2.75) is 16.7 Å². The third kappa shape index (κ3) is 2.68. The van der Waals surface area contributed by atoms with Crippen molar-refractivity contribution < 1.29 is 8.42 Å². The van der Waals surface area contributed by atoms with E-state index in [1.54, 1.807) is 33.8 Å². The van der Waals surface area contributed by atoms with Crippen molar-refractivity contribution in [3.8, 4) is 10.4 Å². The van der Waals surface area contributed by atoms with Gasteiger partial charge in [-0.15, -0.1) is 11.3 Å². The summed E-state index contributed by atoms with van der Waals surface area (Å²) in [5.74, 6) is 0. The molecular weight excluding hydrogens is 346 g/mol. The summed E-state index contributed by atoms with van der Waals surface area (Å²) in [7, 11) is -1.61. The number of hydrogen-bond acceptors (Lipinski definition) is 5. The molecule has 3 aromatic heterocycles. The normalized spacial score (nSPS) is 19.1. The minimum atomic E-state index is -3.45. The summed E-state index contributed by atoms with van der Waals surface area (Å²) in [5.41, 5.74) is 0.932. The van der Waals surface area contributed by atoms with Crippen LogP contribution in [0.4, 0.5) is 0 Å². The second kappa shape index (κ2) is 5.83. The Morgan fingerprint density at radius 1 is 1.33 bits per heavy atom. The Labute approximate surface area is 144 Å². The Morgan fingerprint density at radius 2 is 2.21 bits per heavy atom. The van der Waals surface area contributed by atoms with Crippen LogP contribution in [0.15, 0.2) is 47.5 Å². The molecule has 4 heterocycles. The lowest BCUT2D eigenvalue weighted by Crippen LogP contribution is -2.28. The fourth-order valence-electron chi connectivity index (χ4n) is 2.95. The van der Waals surface area contributed by atoms with Gasteiger partial charge >= 0.3 is 0 Å². The maximum atomic E-state index is 12.9. The van der Waals surface area contributed by atoms with Gasteiger partial charge in [0, 0.05) is 55.2 Å². The first-order valence-electron chi connectivity index (χ1n) is 7.60. The Morgan fingerprint density at radius 3 is 2.92 bits per heavy atom. The van der Waals surface area contributed by atoms with Crippen LogP contribution in [0.1, 0.15) is 12.5 Å². The standard InChI is InChI=1S/C15H17N5O2S2/c1-18-9-12(8-17-18)14-2-3-15(23-14)24(21,22)20-6-4-13(10-20)19-7-5-16-11-19/h2-3,5,7-9,11,13H,4,6,10H2,1H3. The number of rotatable bonds is 4. The van der Waals surface area contributed by atoms with Crippen LogP contribution in [0.3, 0.4) is 0 Å². The number of aryl methyl sites for hydroxylation is 1. The highest BCUT2D eigenvalue weighted by Gasteiger charge is 2.34. The summed E-state index contributed by atoms with van der Waals surface area (Å²) in [6.07, 6.45) is 9.77. The van der Waals surface area contributed by atoms with E-state index in [1.165, 1.54) is 11.3 Å². The van der Waals surface area contributed by atoms with Gasteiger partial charge in [-0.2, -0.15) is 9.40 Å². The molecule has 24 heavy (non-hydrogen) atoms. The average Bonchev–Trinajstić information content (AvgIpc) is 3.32. The number of aromatic nitrogens is 4. The van der Waals surface area contributed by atoms with E-state index in [9.17, 15) is 8.42 Å². The van der Waals surface area contributed by atoms with E-state index < -0.39 is 10.0 Å². The lowest BCUT2D eigenvalue weighted by molar-refractivity contribution is 0.453. The van der Waals surface area contributed by atoms with Gasteiger partial charge in [0.25, 0.3) is 10.0 Å². The second-order valence-corrected chi connectivity index (χ2v) is 9.09. The third-order valence-electron chi connectivity index (χ3n) is 4.24. The van der Waals surface area contributed by atoms with Gasteiger partial charge in [-0.1, -0.05) is 0 Å². The zero-order valence-corrected chi connectivity index (χ0v) is 14.7. The molecule has 0 N–H and O–H groups in total. The molecular formula is C15H17N5O2S2. The molecule has 1 atom stereocenters. The van der Waals surface area contributed by atoms with Crippen molar-refractivity contribution >= 4 is 21.4 Å². The number of nitrogens with zero attached hydrogens (tertiary/aromatic N) is 5. The molecule has 1 saturated heterocycles. The van der Waals surface area contributed by atoms with E-state index in [0.717, 1.165) is 16.9 Å². The van der Waals surface area contributed by atoms with Gasteiger partial charge in [-0.3, -0.25) is 4.68 Å². The topological polar surface area (TPSA) is 73.0 Å². The number of hydrogen-bond donors (Lipinski definition) is 0. The third-order valence-corrected chi connectivity index (χ3v) is 7.70.